The molecule has 1 unspecified atom stereocenters. The van der Waals surface area contributed by atoms with Crippen LogP contribution >= 0.6 is 11.8 Å². The molecule has 0 saturated carbocycles. The van der Waals surface area contributed by atoms with E-state index < -0.39 is 5.97 Å². The van der Waals surface area contributed by atoms with Gasteiger partial charge in [-0.1, -0.05) is 56.3 Å². The maximum absolute atomic E-state index is 12.8. The maximum Gasteiger partial charge on any atom is 0.313 e. The quantitative estimate of drug-likeness (QED) is 0.736. The first-order chi connectivity index (χ1) is 12.0. The molecule has 0 fully saturated rings. The van der Waals surface area contributed by atoms with E-state index in [0.717, 1.165) is 16.8 Å². The molecule has 0 bridgehead atoms. The zero-order chi connectivity index (χ0) is 18.2. The van der Waals surface area contributed by atoms with Gasteiger partial charge in [-0.25, -0.2) is 0 Å². The average molecular weight is 357 g/mol. The molecule has 132 valence electrons. The summed E-state index contributed by atoms with van der Waals surface area (Å²) in [7, 11) is 0. The standard InChI is InChI=1S/C20H23NO3S/c1-14(2)19(16-8-4-3-5-9-16)20(24)21-17-10-6-7-15(11-17)12-25-13-18(22)23/h3-11,14,19H,12-13H2,1-2H3,(H,21,24)(H,22,23). The zero-order valence-electron chi connectivity index (χ0n) is 14.4. The van der Waals surface area contributed by atoms with Gasteiger partial charge in [0, 0.05) is 11.4 Å². The normalized spacial score (nSPS) is 12.0. The molecule has 1 atom stereocenters. The lowest BCUT2D eigenvalue weighted by molar-refractivity contribution is -0.133. The second-order valence-electron chi connectivity index (χ2n) is 6.21. The Morgan fingerprint density at radius 3 is 2.44 bits per heavy atom. The molecule has 0 aromatic heterocycles. The molecular formula is C20H23NO3S. The van der Waals surface area contributed by atoms with Crippen molar-refractivity contribution >= 4 is 29.3 Å². The number of thioether (sulfide) groups is 1. The molecule has 0 heterocycles. The summed E-state index contributed by atoms with van der Waals surface area (Å²) in [5.74, 6) is -0.223. The minimum absolute atomic E-state index is 0.0310. The summed E-state index contributed by atoms with van der Waals surface area (Å²) < 4.78 is 0. The lowest BCUT2D eigenvalue weighted by Gasteiger charge is -2.21. The lowest BCUT2D eigenvalue weighted by Crippen LogP contribution is -2.25. The minimum Gasteiger partial charge on any atom is -0.481 e. The topological polar surface area (TPSA) is 66.4 Å². The van der Waals surface area contributed by atoms with Crippen molar-refractivity contribution in [3.8, 4) is 0 Å². The monoisotopic (exact) mass is 357 g/mol. The Hall–Kier alpha value is -2.27. The molecule has 0 radical (unpaired) electrons. The van der Waals surface area contributed by atoms with Crippen LogP contribution in [0.15, 0.2) is 54.6 Å². The third-order valence-electron chi connectivity index (χ3n) is 3.80. The fourth-order valence-corrected chi connectivity index (χ4v) is 3.41. The number of carboxylic acids is 1. The molecule has 2 aromatic rings. The van der Waals surface area contributed by atoms with Crippen LogP contribution in [-0.4, -0.2) is 22.7 Å². The smallest absolute Gasteiger partial charge is 0.313 e. The molecule has 25 heavy (non-hydrogen) atoms. The Kier molecular flexibility index (Phi) is 7.07. The molecule has 2 N–H and O–H groups in total. The third-order valence-corrected chi connectivity index (χ3v) is 4.79. The average Bonchev–Trinajstić information content (AvgIpc) is 2.55. The lowest BCUT2D eigenvalue weighted by atomic mass is 9.87. The van der Waals surface area contributed by atoms with Crippen LogP contribution in [0.25, 0.3) is 0 Å². The van der Waals surface area contributed by atoms with E-state index in [2.05, 4.69) is 5.32 Å². The number of benzene rings is 2. The number of carbonyl (C=O) groups excluding carboxylic acids is 1. The van der Waals surface area contributed by atoms with E-state index in [1.54, 1.807) is 0 Å². The highest BCUT2D eigenvalue weighted by atomic mass is 32.2. The van der Waals surface area contributed by atoms with Crippen LogP contribution < -0.4 is 5.32 Å². The highest BCUT2D eigenvalue weighted by Crippen LogP contribution is 2.26. The first-order valence-electron chi connectivity index (χ1n) is 8.21. The molecule has 0 saturated heterocycles. The van der Waals surface area contributed by atoms with Gasteiger partial charge in [-0.15, -0.1) is 11.8 Å². The molecule has 4 nitrogen and oxygen atoms in total. The van der Waals surface area contributed by atoms with Gasteiger partial charge in [0.05, 0.1) is 11.7 Å². The highest BCUT2D eigenvalue weighted by molar-refractivity contribution is 7.99. The fraction of sp³-hybridized carbons (Fsp3) is 0.300. The molecular weight excluding hydrogens is 334 g/mol. The predicted molar refractivity (Wildman–Crippen MR) is 103 cm³/mol. The van der Waals surface area contributed by atoms with Gasteiger partial charge in [-0.05, 0) is 29.2 Å². The van der Waals surface area contributed by atoms with E-state index in [1.807, 2.05) is 68.4 Å². The van der Waals surface area contributed by atoms with E-state index in [9.17, 15) is 9.59 Å². The second kappa shape index (κ2) is 9.28. The van der Waals surface area contributed by atoms with Crippen LogP contribution in [0.4, 0.5) is 5.69 Å². The van der Waals surface area contributed by atoms with Gasteiger partial charge in [0.15, 0.2) is 0 Å². The first-order valence-corrected chi connectivity index (χ1v) is 9.37. The molecule has 5 heteroatoms. The summed E-state index contributed by atoms with van der Waals surface area (Å²) >= 11 is 1.34. The van der Waals surface area contributed by atoms with Crippen molar-refractivity contribution in [1.82, 2.24) is 0 Å². The van der Waals surface area contributed by atoms with E-state index in [4.69, 9.17) is 5.11 Å². The van der Waals surface area contributed by atoms with Gasteiger partial charge in [-0.3, -0.25) is 9.59 Å². The Morgan fingerprint density at radius 2 is 1.80 bits per heavy atom. The van der Waals surface area contributed by atoms with Crippen LogP contribution in [0.1, 0.15) is 30.9 Å². The van der Waals surface area contributed by atoms with E-state index in [0.29, 0.717) is 5.75 Å². The largest absolute Gasteiger partial charge is 0.481 e. The van der Waals surface area contributed by atoms with Crippen LogP contribution in [0.2, 0.25) is 0 Å². The van der Waals surface area contributed by atoms with Crippen LogP contribution in [0.3, 0.4) is 0 Å². The van der Waals surface area contributed by atoms with Crippen molar-refractivity contribution in [1.29, 1.82) is 0 Å². The van der Waals surface area contributed by atoms with E-state index >= 15 is 0 Å². The number of aliphatic carboxylic acids is 1. The predicted octanol–water partition coefficient (Wildman–Crippen LogP) is 4.38. The van der Waals surface area contributed by atoms with Crippen LogP contribution in [-0.2, 0) is 15.3 Å². The Bertz CT molecular complexity index is 716. The summed E-state index contributed by atoms with van der Waals surface area (Å²) in [6, 6.07) is 17.3. The Balaban J connectivity index is 2.07. The highest BCUT2D eigenvalue weighted by Gasteiger charge is 2.24. The molecule has 0 aliphatic carbocycles. The molecule has 0 aliphatic rings. The van der Waals surface area contributed by atoms with E-state index in [-0.39, 0.29) is 23.5 Å². The molecule has 1 amide bonds. The number of amides is 1. The van der Waals surface area contributed by atoms with Gasteiger partial charge in [0.1, 0.15) is 0 Å². The number of rotatable bonds is 8. The Labute approximate surface area is 152 Å². The van der Waals surface area contributed by atoms with Crippen molar-refractivity contribution in [3.63, 3.8) is 0 Å². The molecule has 0 aliphatic heterocycles. The summed E-state index contributed by atoms with van der Waals surface area (Å²) in [6.07, 6.45) is 0. The van der Waals surface area contributed by atoms with Gasteiger partial charge >= 0.3 is 5.97 Å². The number of hydrogen-bond donors (Lipinski definition) is 2. The van der Waals surface area contributed by atoms with Crippen molar-refractivity contribution in [2.24, 2.45) is 5.92 Å². The number of anilines is 1. The maximum atomic E-state index is 12.8. The summed E-state index contributed by atoms with van der Waals surface area (Å²) in [6.45, 7) is 4.08. The van der Waals surface area contributed by atoms with Crippen molar-refractivity contribution in [3.05, 3.63) is 65.7 Å². The summed E-state index contributed by atoms with van der Waals surface area (Å²) in [5, 5.41) is 11.7. The van der Waals surface area contributed by atoms with Crippen molar-refractivity contribution < 1.29 is 14.7 Å². The van der Waals surface area contributed by atoms with Gasteiger partial charge < -0.3 is 10.4 Å². The van der Waals surface area contributed by atoms with Crippen molar-refractivity contribution in [2.45, 2.75) is 25.5 Å². The molecule has 2 aromatic carbocycles. The van der Waals surface area contributed by atoms with E-state index in [1.165, 1.54) is 11.8 Å². The number of nitrogens with one attached hydrogen (secondary N) is 1. The fourth-order valence-electron chi connectivity index (χ4n) is 2.71. The number of carbonyl (C=O) groups is 2. The summed E-state index contributed by atoms with van der Waals surface area (Å²) in [4.78, 5) is 23.4. The van der Waals surface area contributed by atoms with Crippen LogP contribution in [0, 0.1) is 5.92 Å². The van der Waals surface area contributed by atoms with Gasteiger partial charge in [0.2, 0.25) is 5.91 Å². The van der Waals surface area contributed by atoms with Crippen LogP contribution in [0.5, 0.6) is 0 Å². The molecule has 0 spiro atoms. The van der Waals surface area contributed by atoms with Gasteiger partial charge in [-0.2, -0.15) is 0 Å². The first kappa shape index (κ1) is 19.1. The minimum atomic E-state index is -0.822. The number of carboxylic acid groups (broad SMARTS) is 1. The van der Waals surface area contributed by atoms with Gasteiger partial charge in [0.25, 0.3) is 0 Å². The molecule has 2 rings (SSSR count). The number of hydrogen-bond acceptors (Lipinski definition) is 3. The Morgan fingerprint density at radius 1 is 1.08 bits per heavy atom. The zero-order valence-corrected chi connectivity index (χ0v) is 15.3. The SMILES string of the molecule is CC(C)C(C(=O)Nc1cccc(CSCC(=O)O)c1)c1ccccc1. The van der Waals surface area contributed by atoms with Crippen molar-refractivity contribution in [2.75, 3.05) is 11.1 Å². The summed E-state index contributed by atoms with van der Waals surface area (Å²) in [5.41, 5.74) is 2.73. The third kappa shape index (κ3) is 5.94. The second-order valence-corrected chi connectivity index (χ2v) is 7.19.